The normalized spacial score (nSPS) is 11.0. The Balaban J connectivity index is 2.30. The second kappa shape index (κ2) is 8.30. The van der Waals surface area contributed by atoms with E-state index >= 15 is 0 Å². The molecule has 8 heteroatoms. The van der Waals surface area contributed by atoms with Gasteiger partial charge in [-0.3, -0.25) is 0 Å². The van der Waals surface area contributed by atoms with Crippen molar-refractivity contribution in [1.82, 2.24) is 0 Å². The quantitative estimate of drug-likeness (QED) is 0.401. The van der Waals surface area contributed by atoms with E-state index in [1.165, 1.54) is 43.5 Å². The number of esters is 1. The maximum absolute atomic E-state index is 13.3. The minimum absolute atomic E-state index is 0.0866. The smallest absolute Gasteiger partial charge is 0.361 e. The minimum atomic E-state index is -0.598. The van der Waals surface area contributed by atoms with Gasteiger partial charge in [0.25, 0.3) is 4.92 Å². The Bertz CT molecular complexity index is 1060. The first kappa shape index (κ1) is 20.3. The molecule has 152 valence electrons. The highest BCUT2D eigenvalue weighted by Crippen LogP contribution is 2.40. The third kappa shape index (κ3) is 4.06. The van der Waals surface area contributed by atoms with Gasteiger partial charge in [0.05, 0.1) is 23.7 Å². The fourth-order valence-corrected chi connectivity index (χ4v) is 2.91. The van der Waals surface area contributed by atoms with Crippen molar-refractivity contribution in [3.05, 3.63) is 52.7 Å². The predicted octanol–water partition coefficient (Wildman–Crippen LogP) is 5.17. The van der Waals surface area contributed by atoms with Gasteiger partial charge in [0.15, 0.2) is 7.11 Å². The van der Waals surface area contributed by atoms with Crippen LogP contribution in [-0.4, -0.2) is 30.7 Å². The van der Waals surface area contributed by atoms with E-state index in [0.29, 0.717) is 15.9 Å². The van der Waals surface area contributed by atoms with Crippen LogP contribution < -0.4 is 4.74 Å². The van der Waals surface area contributed by atoms with E-state index in [1.807, 2.05) is 13.8 Å². The molecule has 0 saturated heterocycles. The van der Waals surface area contributed by atoms with Gasteiger partial charge in [0.2, 0.25) is 5.75 Å². The average Bonchev–Trinajstić information content (AvgIpc) is 3.05. The van der Waals surface area contributed by atoms with E-state index in [1.54, 1.807) is 6.92 Å². The number of furan rings is 1. The number of ether oxygens (including phenoxy) is 2. The third-order valence-corrected chi connectivity index (χ3v) is 4.08. The Morgan fingerprint density at radius 2 is 1.90 bits per heavy atom. The topological polar surface area (TPSA) is 78.0 Å². The van der Waals surface area contributed by atoms with Gasteiger partial charge < -0.3 is 13.9 Å². The van der Waals surface area contributed by atoms with Gasteiger partial charge in [0, 0.05) is 10.9 Å². The van der Waals surface area contributed by atoms with E-state index in [-0.39, 0.29) is 41.1 Å². The summed E-state index contributed by atoms with van der Waals surface area (Å²) < 4.78 is 30.2. The van der Waals surface area contributed by atoms with Crippen molar-refractivity contribution in [1.29, 1.82) is 0 Å². The van der Waals surface area contributed by atoms with Gasteiger partial charge in [-0.1, -0.05) is 0 Å². The van der Waals surface area contributed by atoms with E-state index in [4.69, 9.17) is 18.7 Å². The number of fused-ring (bicyclic) bond motifs is 1. The number of rotatable bonds is 7. The summed E-state index contributed by atoms with van der Waals surface area (Å²) >= 11 is 0. The summed E-state index contributed by atoms with van der Waals surface area (Å²) in [6, 6.07) is 8.49. The Hall–Kier alpha value is -3.42. The Morgan fingerprint density at radius 3 is 2.48 bits per heavy atom. The Labute approximate surface area is 166 Å². The molecule has 3 aromatic rings. The van der Waals surface area contributed by atoms with Crippen LogP contribution in [0.1, 0.15) is 31.1 Å². The minimum Gasteiger partial charge on any atom is -0.484 e. The van der Waals surface area contributed by atoms with Crippen molar-refractivity contribution in [3.8, 4) is 17.1 Å². The van der Waals surface area contributed by atoms with E-state index in [0.717, 1.165) is 0 Å². The lowest BCUT2D eigenvalue weighted by molar-refractivity contribution is -0.736. The fraction of sp³-hybridized carbons (Fsp3) is 0.286. The molecule has 0 atom stereocenters. The first-order valence-corrected chi connectivity index (χ1v) is 9.07. The Kier molecular flexibility index (Phi) is 5.81. The summed E-state index contributed by atoms with van der Waals surface area (Å²) in [4.78, 5) is 29.9. The summed E-state index contributed by atoms with van der Waals surface area (Å²) in [6.07, 6.45) is -0.231. The molecule has 0 saturated carbocycles. The third-order valence-electron chi connectivity index (χ3n) is 4.08. The first-order chi connectivity index (χ1) is 13.8. The van der Waals surface area contributed by atoms with Crippen LogP contribution in [0.2, 0.25) is 0 Å². The van der Waals surface area contributed by atoms with Crippen LogP contribution >= 0.6 is 0 Å². The van der Waals surface area contributed by atoms with E-state index in [2.05, 4.69) is 0 Å². The number of benzene rings is 2. The van der Waals surface area contributed by atoms with Gasteiger partial charge >= 0.3 is 11.7 Å². The molecule has 0 radical (unpaired) electrons. The molecule has 0 spiro atoms. The zero-order chi connectivity index (χ0) is 21.1. The van der Waals surface area contributed by atoms with E-state index in [9.17, 15) is 14.1 Å². The van der Waals surface area contributed by atoms with Gasteiger partial charge in [0.1, 0.15) is 22.7 Å². The molecule has 7 nitrogen and oxygen atoms in total. The van der Waals surface area contributed by atoms with Gasteiger partial charge in [-0.2, -0.15) is 0 Å². The Morgan fingerprint density at radius 1 is 1.21 bits per heavy atom. The summed E-state index contributed by atoms with van der Waals surface area (Å²) in [5.41, 5.74) is 1.01. The molecule has 2 aromatic carbocycles. The molecule has 0 amide bonds. The molecule has 0 bridgehead atoms. The lowest BCUT2D eigenvalue weighted by Crippen LogP contribution is -2.09. The molecule has 0 aliphatic rings. The van der Waals surface area contributed by atoms with Crippen molar-refractivity contribution in [2.45, 2.75) is 26.9 Å². The molecule has 0 N–H and O–H groups in total. The second-order valence-corrected chi connectivity index (χ2v) is 6.46. The summed E-state index contributed by atoms with van der Waals surface area (Å²) in [6.45, 7) is 5.47. The molecule has 0 aliphatic carbocycles. The highest BCUT2D eigenvalue weighted by atomic mass is 19.1. The van der Waals surface area contributed by atoms with Crippen LogP contribution in [0.15, 0.2) is 40.8 Å². The van der Waals surface area contributed by atoms with Crippen molar-refractivity contribution in [2.75, 3.05) is 13.7 Å². The zero-order valence-corrected chi connectivity index (χ0v) is 16.5. The van der Waals surface area contributed by atoms with Gasteiger partial charge in [-0.15, -0.1) is 0 Å². The summed E-state index contributed by atoms with van der Waals surface area (Å²) in [5.74, 6) is -0.582. The number of nitrogens with zero attached hydrogens (tertiary/aromatic N) is 1. The summed E-state index contributed by atoms with van der Waals surface area (Å²) in [7, 11) is 1.23. The monoisotopic (exact) mass is 402 g/mol. The highest BCUT2D eigenvalue weighted by molar-refractivity contribution is 6.09. The van der Waals surface area contributed by atoms with Crippen molar-refractivity contribution >= 4 is 22.6 Å². The SMILES string of the molecule is CCOC(=O)c1c(-c2ccc(F)cc2)oc2cc([N+](=O)OC)c(OC(C)C)cc12. The van der Waals surface area contributed by atoms with Crippen molar-refractivity contribution < 1.29 is 32.8 Å². The number of hydrogen-bond donors (Lipinski definition) is 0. The largest absolute Gasteiger partial charge is 0.484 e. The standard InChI is InChI=1S/C21H21FNO6/c1-5-27-21(24)19-15-10-18(28-12(2)3)16(23(25)26-4)11-17(15)29-20(19)13-6-8-14(22)9-7-13/h6-12H,5H2,1-4H3/q+1. The van der Waals surface area contributed by atoms with Crippen LogP contribution in [-0.2, 0) is 9.57 Å². The van der Waals surface area contributed by atoms with Gasteiger partial charge in [-0.05, 0) is 51.1 Å². The lowest BCUT2D eigenvalue weighted by Gasteiger charge is -2.09. The molecule has 1 heterocycles. The molecular weight excluding hydrogens is 381 g/mol. The first-order valence-electron chi connectivity index (χ1n) is 9.07. The second-order valence-electron chi connectivity index (χ2n) is 6.46. The van der Waals surface area contributed by atoms with E-state index < -0.39 is 11.8 Å². The van der Waals surface area contributed by atoms with Crippen LogP contribution in [0, 0.1) is 10.7 Å². The molecule has 0 fully saturated rings. The van der Waals surface area contributed by atoms with Crippen molar-refractivity contribution in [2.24, 2.45) is 0 Å². The van der Waals surface area contributed by atoms with Crippen LogP contribution in [0.4, 0.5) is 10.1 Å². The number of carbonyl (C=O) groups excluding carboxylic acids is 1. The van der Waals surface area contributed by atoms with Crippen LogP contribution in [0.5, 0.6) is 5.75 Å². The number of halogens is 1. The molecular formula is C21H21FNO6+. The zero-order valence-electron chi connectivity index (χ0n) is 16.5. The van der Waals surface area contributed by atoms with Crippen molar-refractivity contribution in [3.63, 3.8) is 0 Å². The number of hydrogen-bond acceptors (Lipinski definition) is 6. The predicted molar refractivity (Wildman–Crippen MR) is 104 cm³/mol. The lowest BCUT2D eigenvalue weighted by atomic mass is 10.0. The van der Waals surface area contributed by atoms with Gasteiger partial charge in [-0.25, -0.2) is 14.0 Å². The summed E-state index contributed by atoms with van der Waals surface area (Å²) in [5, 5.41) is 0.409. The molecule has 0 aliphatic heterocycles. The molecule has 3 rings (SSSR count). The fourth-order valence-electron chi connectivity index (χ4n) is 2.91. The molecule has 29 heavy (non-hydrogen) atoms. The number of carbonyl (C=O) groups is 1. The maximum Gasteiger partial charge on any atom is 0.361 e. The van der Waals surface area contributed by atoms with Crippen LogP contribution in [0.3, 0.4) is 0 Å². The average molecular weight is 402 g/mol. The van der Waals surface area contributed by atoms with Crippen LogP contribution in [0.25, 0.3) is 22.3 Å². The highest BCUT2D eigenvalue weighted by Gasteiger charge is 2.30. The molecule has 1 aromatic heterocycles. The maximum atomic E-state index is 13.3. The molecule has 0 unspecified atom stereocenters.